The predicted octanol–water partition coefficient (Wildman–Crippen LogP) is 4.98. The number of nitrogens with one attached hydrogen (secondary N) is 2. The lowest BCUT2D eigenvalue weighted by Crippen LogP contribution is -2.25. The molecule has 4 rings (SSSR count). The Kier molecular flexibility index (Phi) is 8.29. The van der Waals surface area contributed by atoms with E-state index in [0.717, 1.165) is 31.2 Å². The molecule has 0 fully saturated rings. The van der Waals surface area contributed by atoms with Gasteiger partial charge in [-0.3, -0.25) is 9.20 Å². The number of imidazole rings is 1. The maximum absolute atomic E-state index is 14.7. The first-order valence-corrected chi connectivity index (χ1v) is 12.1. The topological polar surface area (TPSA) is 107 Å². The molecule has 0 unspecified atom stereocenters. The number of aromatic nitrogens is 3. The number of aryl methyl sites for hydroxylation is 1. The van der Waals surface area contributed by atoms with Crippen molar-refractivity contribution in [3.8, 4) is 17.0 Å². The quantitative estimate of drug-likeness (QED) is 0.247. The first-order valence-electron chi connectivity index (χ1n) is 12.1. The predicted molar refractivity (Wildman–Crippen MR) is 139 cm³/mol. The van der Waals surface area contributed by atoms with Gasteiger partial charge in [-0.15, -0.1) is 0 Å². The molecule has 37 heavy (non-hydrogen) atoms. The summed E-state index contributed by atoms with van der Waals surface area (Å²) in [4.78, 5) is 21.3. The first-order chi connectivity index (χ1) is 17.9. The highest BCUT2D eigenvalue weighted by atomic mass is 19.2. The van der Waals surface area contributed by atoms with E-state index in [2.05, 4.69) is 20.6 Å². The number of hydrogen-bond donors (Lipinski definition) is 3. The minimum atomic E-state index is -1.06. The second-order valence-electron chi connectivity index (χ2n) is 8.67. The maximum atomic E-state index is 14.7. The van der Waals surface area contributed by atoms with Gasteiger partial charge in [-0.25, -0.2) is 14.4 Å². The molecule has 4 N–H and O–H groups in total. The summed E-state index contributed by atoms with van der Waals surface area (Å²) < 4.78 is 35.5. The van der Waals surface area contributed by atoms with Crippen LogP contribution in [0.3, 0.4) is 0 Å². The molecule has 0 bridgehead atoms. The van der Waals surface area contributed by atoms with Crippen molar-refractivity contribution < 1.29 is 18.3 Å². The molecule has 8 nitrogen and oxygen atoms in total. The van der Waals surface area contributed by atoms with Crippen LogP contribution in [0.1, 0.15) is 41.6 Å². The van der Waals surface area contributed by atoms with Crippen molar-refractivity contribution in [1.82, 2.24) is 19.7 Å². The average molecular weight is 509 g/mol. The minimum absolute atomic E-state index is 0.0496. The number of anilines is 2. The summed E-state index contributed by atoms with van der Waals surface area (Å²) in [6.45, 7) is 3.18. The third-order valence-corrected chi connectivity index (χ3v) is 6.12. The van der Waals surface area contributed by atoms with Gasteiger partial charge in [0.05, 0.1) is 19.0 Å². The van der Waals surface area contributed by atoms with Crippen LogP contribution in [0.15, 0.2) is 48.9 Å². The van der Waals surface area contributed by atoms with Crippen LogP contribution in [-0.4, -0.2) is 40.5 Å². The maximum Gasteiger partial charge on any atom is 0.251 e. The second-order valence-corrected chi connectivity index (χ2v) is 8.67. The SMILES string of the molecule is COc1ccc(-c2cnc3c(Nc4ccc(C(=O)NCCCCCCN)c(C)c4)nccn23)c(F)c1F. The molecule has 0 aliphatic carbocycles. The van der Waals surface area contributed by atoms with Crippen molar-refractivity contribution >= 4 is 23.1 Å². The molecule has 4 aromatic rings. The number of rotatable bonds is 11. The average Bonchev–Trinajstić information content (AvgIpc) is 3.32. The van der Waals surface area contributed by atoms with Crippen LogP contribution in [0.5, 0.6) is 5.75 Å². The third-order valence-electron chi connectivity index (χ3n) is 6.12. The largest absolute Gasteiger partial charge is 0.494 e. The smallest absolute Gasteiger partial charge is 0.251 e. The minimum Gasteiger partial charge on any atom is -0.494 e. The molecule has 10 heteroatoms. The van der Waals surface area contributed by atoms with Crippen LogP contribution in [0.25, 0.3) is 16.9 Å². The molecule has 0 radical (unpaired) electrons. The highest BCUT2D eigenvalue weighted by molar-refractivity contribution is 5.96. The lowest BCUT2D eigenvalue weighted by Gasteiger charge is -2.12. The number of halogens is 2. The molecule has 1 amide bonds. The molecule has 194 valence electrons. The van der Waals surface area contributed by atoms with Crippen molar-refractivity contribution in [1.29, 1.82) is 0 Å². The molecule has 0 aliphatic rings. The Labute approximate surface area is 213 Å². The number of benzene rings is 2. The number of methoxy groups -OCH3 is 1. The van der Waals surface area contributed by atoms with Crippen LogP contribution < -0.4 is 21.1 Å². The summed E-state index contributed by atoms with van der Waals surface area (Å²) in [5, 5.41) is 6.17. The number of amides is 1. The summed E-state index contributed by atoms with van der Waals surface area (Å²) >= 11 is 0. The van der Waals surface area contributed by atoms with Crippen LogP contribution >= 0.6 is 0 Å². The standard InChI is InChI=1S/C27H30F2N6O2/c1-17-15-18(7-8-19(17)27(36)32-12-6-4-3-5-11-30)34-25-26-33-16-21(35(26)14-13-31-25)20-9-10-22(37-2)24(29)23(20)28/h7-10,13-16H,3-6,11-12,30H2,1-2H3,(H,31,34)(H,32,36). The van der Waals surface area contributed by atoms with Gasteiger partial charge in [-0.1, -0.05) is 12.8 Å². The Balaban J connectivity index is 1.50. The number of nitrogens with two attached hydrogens (primary N) is 1. The van der Waals surface area contributed by atoms with Gasteiger partial charge in [-0.2, -0.15) is 4.39 Å². The lowest BCUT2D eigenvalue weighted by atomic mass is 10.1. The molecule has 2 heterocycles. The summed E-state index contributed by atoms with van der Waals surface area (Å²) in [5.41, 5.74) is 8.46. The Morgan fingerprint density at radius 1 is 1.08 bits per heavy atom. The monoisotopic (exact) mass is 508 g/mol. The summed E-state index contributed by atoms with van der Waals surface area (Å²) in [7, 11) is 1.28. The van der Waals surface area contributed by atoms with Crippen molar-refractivity contribution in [2.45, 2.75) is 32.6 Å². The van der Waals surface area contributed by atoms with Gasteiger partial charge in [-0.05, 0) is 62.2 Å². The molecule has 2 aromatic heterocycles. The van der Waals surface area contributed by atoms with E-state index in [9.17, 15) is 13.6 Å². The van der Waals surface area contributed by atoms with Crippen molar-refractivity contribution in [3.05, 3.63) is 71.7 Å². The molecule has 0 spiro atoms. The fourth-order valence-corrected chi connectivity index (χ4v) is 4.15. The van der Waals surface area contributed by atoms with Crippen LogP contribution in [0.2, 0.25) is 0 Å². The number of ether oxygens (including phenoxy) is 1. The third kappa shape index (κ3) is 5.69. The van der Waals surface area contributed by atoms with Crippen LogP contribution in [0.4, 0.5) is 20.3 Å². The van der Waals surface area contributed by atoms with E-state index >= 15 is 0 Å². The van der Waals surface area contributed by atoms with Gasteiger partial charge < -0.3 is 21.1 Å². The van der Waals surface area contributed by atoms with Gasteiger partial charge in [0.25, 0.3) is 5.91 Å². The van der Waals surface area contributed by atoms with E-state index < -0.39 is 11.6 Å². The number of fused-ring (bicyclic) bond motifs is 1. The molecule has 0 saturated heterocycles. The first kappa shape index (κ1) is 26.0. The van der Waals surface area contributed by atoms with Gasteiger partial charge in [0.15, 0.2) is 23.0 Å². The van der Waals surface area contributed by atoms with Gasteiger partial charge in [0, 0.05) is 35.8 Å². The van der Waals surface area contributed by atoms with E-state index in [1.54, 1.807) is 28.9 Å². The fraction of sp³-hybridized carbons (Fsp3) is 0.296. The van der Waals surface area contributed by atoms with E-state index in [0.29, 0.717) is 41.5 Å². The second kappa shape index (κ2) is 11.8. The molecule has 2 aromatic carbocycles. The zero-order chi connectivity index (χ0) is 26.4. The lowest BCUT2D eigenvalue weighted by molar-refractivity contribution is 0.0952. The highest BCUT2D eigenvalue weighted by Gasteiger charge is 2.19. The van der Waals surface area contributed by atoms with E-state index in [1.165, 1.54) is 25.4 Å². The van der Waals surface area contributed by atoms with Crippen molar-refractivity contribution in [2.24, 2.45) is 5.73 Å². The van der Waals surface area contributed by atoms with Crippen LogP contribution in [0, 0.1) is 18.6 Å². The zero-order valence-corrected chi connectivity index (χ0v) is 20.9. The van der Waals surface area contributed by atoms with E-state index in [1.807, 2.05) is 13.0 Å². The number of nitrogens with zero attached hydrogens (tertiary/aromatic N) is 3. The number of carbonyl (C=O) groups excluding carboxylic acids is 1. The van der Waals surface area contributed by atoms with Crippen LogP contribution in [-0.2, 0) is 0 Å². The Morgan fingerprint density at radius 3 is 2.65 bits per heavy atom. The summed E-state index contributed by atoms with van der Waals surface area (Å²) in [5.74, 6) is -1.94. The Hall–Kier alpha value is -4.05. The Morgan fingerprint density at radius 2 is 1.89 bits per heavy atom. The number of unbranched alkanes of at least 4 members (excludes halogenated alkanes) is 3. The number of hydrogen-bond acceptors (Lipinski definition) is 6. The molecule has 0 saturated carbocycles. The van der Waals surface area contributed by atoms with Crippen molar-refractivity contribution in [2.75, 3.05) is 25.5 Å². The van der Waals surface area contributed by atoms with E-state index in [-0.39, 0.29) is 17.2 Å². The summed E-state index contributed by atoms with van der Waals surface area (Å²) in [6, 6.07) is 8.21. The molecule has 0 aliphatic heterocycles. The number of carbonyl (C=O) groups is 1. The highest BCUT2D eigenvalue weighted by Crippen LogP contribution is 2.31. The zero-order valence-electron chi connectivity index (χ0n) is 20.9. The fourth-order valence-electron chi connectivity index (χ4n) is 4.15. The van der Waals surface area contributed by atoms with Gasteiger partial charge in [0.2, 0.25) is 5.82 Å². The molecule has 0 atom stereocenters. The Bertz CT molecular complexity index is 1410. The molecular weight excluding hydrogens is 478 g/mol. The summed E-state index contributed by atoms with van der Waals surface area (Å²) in [6.07, 6.45) is 8.64. The normalized spacial score (nSPS) is 11.1. The van der Waals surface area contributed by atoms with Crippen molar-refractivity contribution in [3.63, 3.8) is 0 Å². The van der Waals surface area contributed by atoms with E-state index in [4.69, 9.17) is 10.5 Å². The molecular formula is C27H30F2N6O2. The van der Waals surface area contributed by atoms with Gasteiger partial charge >= 0.3 is 0 Å². The van der Waals surface area contributed by atoms with Gasteiger partial charge in [0.1, 0.15) is 0 Å².